The molecule has 0 saturated heterocycles. The SMILES string of the molecule is COc1ccc(Cl)c(NC2CCc3cc(F)ccc32)c1. The molecule has 1 aliphatic carbocycles. The van der Waals surface area contributed by atoms with Crippen LogP contribution in [0.3, 0.4) is 0 Å². The van der Waals surface area contributed by atoms with Gasteiger partial charge in [0.1, 0.15) is 11.6 Å². The Morgan fingerprint density at radius 2 is 2.10 bits per heavy atom. The zero-order chi connectivity index (χ0) is 14.1. The molecule has 1 aliphatic rings. The van der Waals surface area contributed by atoms with Crippen LogP contribution in [0.4, 0.5) is 10.1 Å². The van der Waals surface area contributed by atoms with E-state index in [0.717, 1.165) is 35.4 Å². The molecule has 0 spiro atoms. The largest absolute Gasteiger partial charge is 0.497 e. The zero-order valence-corrected chi connectivity index (χ0v) is 11.9. The van der Waals surface area contributed by atoms with Gasteiger partial charge in [0.25, 0.3) is 0 Å². The highest BCUT2D eigenvalue weighted by Crippen LogP contribution is 2.37. The Morgan fingerprint density at radius 3 is 2.90 bits per heavy atom. The van der Waals surface area contributed by atoms with E-state index in [9.17, 15) is 4.39 Å². The van der Waals surface area contributed by atoms with E-state index < -0.39 is 0 Å². The van der Waals surface area contributed by atoms with Gasteiger partial charge in [0.05, 0.1) is 23.9 Å². The van der Waals surface area contributed by atoms with Crippen molar-refractivity contribution in [2.75, 3.05) is 12.4 Å². The molecule has 2 nitrogen and oxygen atoms in total. The van der Waals surface area contributed by atoms with Crippen LogP contribution in [0.15, 0.2) is 36.4 Å². The summed E-state index contributed by atoms with van der Waals surface area (Å²) in [6.45, 7) is 0. The van der Waals surface area contributed by atoms with Crippen molar-refractivity contribution in [1.29, 1.82) is 0 Å². The number of hydrogen-bond acceptors (Lipinski definition) is 2. The van der Waals surface area contributed by atoms with Crippen LogP contribution in [0.25, 0.3) is 0 Å². The maximum absolute atomic E-state index is 13.2. The fourth-order valence-corrected chi connectivity index (χ4v) is 2.84. The maximum Gasteiger partial charge on any atom is 0.123 e. The fourth-order valence-electron chi connectivity index (χ4n) is 2.67. The van der Waals surface area contributed by atoms with Crippen molar-refractivity contribution >= 4 is 17.3 Å². The molecule has 0 bridgehead atoms. The quantitative estimate of drug-likeness (QED) is 0.893. The summed E-state index contributed by atoms with van der Waals surface area (Å²) < 4.78 is 18.4. The van der Waals surface area contributed by atoms with Crippen LogP contribution in [0.1, 0.15) is 23.6 Å². The first kappa shape index (κ1) is 13.3. The molecule has 20 heavy (non-hydrogen) atoms. The van der Waals surface area contributed by atoms with Crippen molar-refractivity contribution in [1.82, 2.24) is 0 Å². The van der Waals surface area contributed by atoms with E-state index in [-0.39, 0.29) is 11.9 Å². The van der Waals surface area contributed by atoms with Crippen molar-refractivity contribution in [2.24, 2.45) is 0 Å². The van der Waals surface area contributed by atoms with E-state index in [2.05, 4.69) is 5.32 Å². The Hall–Kier alpha value is -1.74. The van der Waals surface area contributed by atoms with Crippen LogP contribution in [0, 0.1) is 5.82 Å². The normalized spacial score (nSPS) is 16.9. The highest BCUT2D eigenvalue weighted by molar-refractivity contribution is 6.33. The second kappa shape index (κ2) is 5.33. The number of ether oxygens (including phenoxy) is 1. The van der Waals surface area contributed by atoms with Crippen molar-refractivity contribution in [3.8, 4) is 5.75 Å². The lowest BCUT2D eigenvalue weighted by Gasteiger charge is -2.17. The molecule has 104 valence electrons. The Kier molecular flexibility index (Phi) is 3.53. The van der Waals surface area contributed by atoms with Gasteiger partial charge in [-0.05, 0) is 48.2 Å². The summed E-state index contributed by atoms with van der Waals surface area (Å²) >= 11 is 6.21. The molecule has 0 heterocycles. The minimum Gasteiger partial charge on any atom is -0.497 e. The van der Waals surface area contributed by atoms with Crippen LogP contribution in [-0.2, 0) is 6.42 Å². The molecule has 0 aliphatic heterocycles. The monoisotopic (exact) mass is 291 g/mol. The lowest BCUT2D eigenvalue weighted by atomic mass is 10.1. The lowest BCUT2D eigenvalue weighted by Crippen LogP contribution is -2.07. The zero-order valence-electron chi connectivity index (χ0n) is 11.1. The molecule has 3 rings (SSSR count). The summed E-state index contributed by atoms with van der Waals surface area (Å²) in [5.41, 5.74) is 3.06. The summed E-state index contributed by atoms with van der Waals surface area (Å²) in [6.07, 6.45) is 1.82. The average Bonchev–Trinajstić information content (AvgIpc) is 2.83. The molecule has 0 amide bonds. The number of hydrogen-bond donors (Lipinski definition) is 1. The van der Waals surface area contributed by atoms with Crippen molar-refractivity contribution in [3.05, 3.63) is 58.4 Å². The van der Waals surface area contributed by atoms with Gasteiger partial charge in [-0.3, -0.25) is 0 Å². The van der Waals surface area contributed by atoms with Crippen LogP contribution in [-0.4, -0.2) is 7.11 Å². The van der Waals surface area contributed by atoms with Gasteiger partial charge in [0.2, 0.25) is 0 Å². The van der Waals surface area contributed by atoms with E-state index >= 15 is 0 Å². The molecule has 0 saturated carbocycles. The van der Waals surface area contributed by atoms with Gasteiger partial charge in [0, 0.05) is 6.07 Å². The molecule has 2 aromatic rings. The van der Waals surface area contributed by atoms with Crippen LogP contribution in [0.5, 0.6) is 5.75 Å². The van der Waals surface area contributed by atoms with E-state index in [0.29, 0.717) is 5.02 Å². The minimum atomic E-state index is -0.177. The summed E-state index contributed by atoms with van der Waals surface area (Å²) in [4.78, 5) is 0. The van der Waals surface area contributed by atoms with E-state index in [1.165, 1.54) is 6.07 Å². The van der Waals surface area contributed by atoms with Gasteiger partial charge >= 0.3 is 0 Å². The highest BCUT2D eigenvalue weighted by Gasteiger charge is 2.23. The van der Waals surface area contributed by atoms with Gasteiger partial charge in [0.15, 0.2) is 0 Å². The van der Waals surface area contributed by atoms with Gasteiger partial charge in [-0.2, -0.15) is 0 Å². The number of fused-ring (bicyclic) bond motifs is 1. The number of anilines is 1. The van der Waals surface area contributed by atoms with Gasteiger partial charge < -0.3 is 10.1 Å². The first-order valence-electron chi connectivity index (χ1n) is 6.56. The molecular weight excluding hydrogens is 277 g/mol. The molecule has 1 atom stereocenters. The topological polar surface area (TPSA) is 21.3 Å². The van der Waals surface area contributed by atoms with Crippen LogP contribution in [0.2, 0.25) is 5.02 Å². The Balaban J connectivity index is 1.87. The fraction of sp³-hybridized carbons (Fsp3) is 0.250. The van der Waals surface area contributed by atoms with Crippen molar-refractivity contribution in [3.63, 3.8) is 0 Å². The molecule has 0 fully saturated rings. The smallest absolute Gasteiger partial charge is 0.123 e. The minimum absolute atomic E-state index is 0.162. The standard InChI is InChI=1S/C16H15ClFNO/c1-20-12-4-6-14(17)16(9-12)19-15-7-2-10-8-11(18)3-5-13(10)15/h3-6,8-9,15,19H,2,7H2,1H3. The molecule has 0 aromatic heterocycles. The second-order valence-electron chi connectivity index (χ2n) is 4.92. The summed E-state index contributed by atoms with van der Waals surface area (Å²) in [5, 5.41) is 4.08. The molecule has 1 N–H and O–H groups in total. The summed E-state index contributed by atoms with van der Waals surface area (Å²) in [5.74, 6) is 0.582. The third-order valence-corrected chi connectivity index (χ3v) is 4.02. The third kappa shape index (κ3) is 2.46. The first-order valence-corrected chi connectivity index (χ1v) is 6.93. The van der Waals surface area contributed by atoms with Crippen LogP contribution >= 0.6 is 11.6 Å². The molecule has 4 heteroatoms. The summed E-state index contributed by atoms with van der Waals surface area (Å²) in [7, 11) is 1.63. The molecule has 1 unspecified atom stereocenters. The van der Waals surface area contributed by atoms with Crippen molar-refractivity contribution in [2.45, 2.75) is 18.9 Å². The van der Waals surface area contributed by atoms with Gasteiger partial charge in [-0.25, -0.2) is 4.39 Å². The molecule has 2 aromatic carbocycles. The predicted molar refractivity (Wildman–Crippen MR) is 79.1 cm³/mol. The number of methoxy groups -OCH3 is 1. The molecule has 0 radical (unpaired) electrons. The Bertz CT molecular complexity index is 644. The third-order valence-electron chi connectivity index (χ3n) is 3.69. The number of nitrogens with one attached hydrogen (secondary N) is 1. The van der Waals surface area contributed by atoms with E-state index in [1.807, 2.05) is 24.3 Å². The molecular formula is C16H15ClFNO. The highest BCUT2D eigenvalue weighted by atomic mass is 35.5. The van der Waals surface area contributed by atoms with Gasteiger partial charge in [-0.15, -0.1) is 0 Å². The van der Waals surface area contributed by atoms with E-state index in [1.54, 1.807) is 13.2 Å². The van der Waals surface area contributed by atoms with Crippen LogP contribution < -0.4 is 10.1 Å². The van der Waals surface area contributed by atoms with Gasteiger partial charge in [-0.1, -0.05) is 17.7 Å². The second-order valence-corrected chi connectivity index (χ2v) is 5.33. The maximum atomic E-state index is 13.2. The number of aryl methyl sites for hydroxylation is 1. The Morgan fingerprint density at radius 1 is 1.25 bits per heavy atom. The predicted octanol–water partition coefficient (Wildman–Crippen LogP) is 4.59. The lowest BCUT2D eigenvalue weighted by molar-refractivity contribution is 0.415. The Labute approximate surface area is 122 Å². The van der Waals surface area contributed by atoms with E-state index in [4.69, 9.17) is 16.3 Å². The number of halogens is 2. The first-order chi connectivity index (χ1) is 9.67. The number of rotatable bonds is 3. The average molecular weight is 292 g/mol. The number of benzene rings is 2. The summed E-state index contributed by atoms with van der Waals surface area (Å²) in [6, 6.07) is 10.6. The van der Waals surface area contributed by atoms with Crippen molar-refractivity contribution < 1.29 is 9.13 Å².